The zero-order valence-electron chi connectivity index (χ0n) is 11.4. The maximum atomic E-state index is 6.14. The highest BCUT2D eigenvalue weighted by molar-refractivity contribution is 6.31. The summed E-state index contributed by atoms with van der Waals surface area (Å²) < 4.78 is 10.6. The third-order valence-corrected chi connectivity index (χ3v) is 3.72. The second-order valence-electron chi connectivity index (χ2n) is 4.80. The molecule has 0 atom stereocenters. The average Bonchev–Trinajstić information content (AvgIpc) is 3.17. The third kappa shape index (κ3) is 2.37. The fourth-order valence-corrected chi connectivity index (χ4v) is 2.44. The highest BCUT2D eigenvalue weighted by Crippen LogP contribution is 2.34. The van der Waals surface area contributed by atoms with Gasteiger partial charge in [0.25, 0.3) is 0 Å². The van der Waals surface area contributed by atoms with E-state index in [1.54, 1.807) is 0 Å². The van der Waals surface area contributed by atoms with Crippen LogP contribution in [0.25, 0.3) is 11.4 Å². The maximum absolute atomic E-state index is 6.14. The molecule has 1 aromatic heterocycles. The Labute approximate surface area is 131 Å². The van der Waals surface area contributed by atoms with Crippen molar-refractivity contribution in [3.63, 3.8) is 0 Å². The van der Waals surface area contributed by atoms with Crippen LogP contribution in [-0.2, 0) is 6.54 Å². The summed E-state index contributed by atoms with van der Waals surface area (Å²) in [6, 6.07) is 13.2. The topological polar surface area (TPSA) is 62.1 Å². The van der Waals surface area contributed by atoms with Crippen LogP contribution in [0.15, 0.2) is 42.5 Å². The van der Waals surface area contributed by atoms with Crippen LogP contribution in [0.2, 0.25) is 5.02 Å². The predicted molar refractivity (Wildman–Crippen MR) is 79.9 cm³/mol. The molecule has 0 fully saturated rings. The van der Waals surface area contributed by atoms with E-state index in [0.717, 1.165) is 16.9 Å². The van der Waals surface area contributed by atoms with Crippen molar-refractivity contribution in [3.8, 4) is 22.9 Å². The van der Waals surface area contributed by atoms with Gasteiger partial charge in [0.1, 0.15) is 0 Å². The molecule has 0 saturated carbocycles. The fourth-order valence-electron chi connectivity index (χ4n) is 2.24. The second kappa shape index (κ2) is 5.31. The van der Waals surface area contributed by atoms with Crippen molar-refractivity contribution < 1.29 is 9.47 Å². The molecule has 1 aliphatic heterocycles. The molecule has 7 heteroatoms. The van der Waals surface area contributed by atoms with Gasteiger partial charge in [-0.25, -0.2) is 0 Å². The first-order chi connectivity index (χ1) is 10.8. The first-order valence-corrected chi connectivity index (χ1v) is 7.08. The number of nitrogens with zero attached hydrogens (tertiary/aromatic N) is 4. The van der Waals surface area contributed by atoms with Crippen LogP contribution in [0.4, 0.5) is 0 Å². The van der Waals surface area contributed by atoms with Gasteiger partial charge in [-0.05, 0) is 35.0 Å². The molecular formula is C15H11ClN4O2. The first kappa shape index (κ1) is 13.1. The SMILES string of the molecule is Clc1ccccc1Cn1nnc(-c2ccc3c(c2)OCO3)n1. The number of ether oxygens (including phenoxy) is 2. The minimum atomic E-state index is 0.241. The van der Waals surface area contributed by atoms with Crippen molar-refractivity contribution in [2.24, 2.45) is 0 Å². The Hall–Kier alpha value is -2.60. The van der Waals surface area contributed by atoms with Crippen molar-refractivity contribution in [2.75, 3.05) is 6.79 Å². The highest BCUT2D eigenvalue weighted by Gasteiger charge is 2.16. The molecule has 2 heterocycles. The van der Waals surface area contributed by atoms with Gasteiger partial charge in [-0.2, -0.15) is 4.80 Å². The number of hydrogen-bond donors (Lipinski definition) is 0. The third-order valence-electron chi connectivity index (χ3n) is 3.35. The van der Waals surface area contributed by atoms with Gasteiger partial charge in [-0.15, -0.1) is 10.2 Å². The lowest BCUT2D eigenvalue weighted by atomic mass is 10.2. The fraction of sp³-hybridized carbons (Fsp3) is 0.133. The molecule has 110 valence electrons. The highest BCUT2D eigenvalue weighted by atomic mass is 35.5. The maximum Gasteiger partial charge on any atom is 0.231 e. The number of halogens is 1. The van der Waals surface area contributed by atoms with Gasteiger partial charge in [0.2, 0.25) is 12.6 Å². The zero-order chi connectivity index (χ0) is 14.9. The molecule has 2 aromatic carbocycles. The summed E-state index contributed by atoms with van der Waals surface area (Å²) in [5, 5.41) is 13.2. The van der Waals surface area contributed by atoms with E-state index >= 15 is 0 Å². The van der Waals surface area contributed by atoms with E-state index in [-0.39, 0.29) is 6.79 Å². The molecule has 0 spiro atoms. The molecule has 0 bridgehead atoms. The van der Waals surface area contributed by atoms with Crippen molar-refractivity contribution in [2.45, 2.75) is 6.54 Å². The van der Waals surface area contributed by atoms with Crippen LogP contribution in [0.3, 0.4) is 0 Å². The van der Waals surface area contributed by atoms with Gasteiger partial charge in [0.15, 0.2) is 11.5 Å². The Bertz CT molecular complexity index is 834. The van der Waals surface area contributed by atoms with E-state index in [4.69, 9.17) is 21.1 Å². The van der Waals surface area contributed by atoms with E-state index in [2.05, 4.69) is 15.4 Å². The molecule has 4 rings (SSSR count). The van der Waals surface area contributed by atoms with Gasteiger partial charge >= 0.3 is 0 Å². The molecule has 0 amide bonds. The lowest BCUT2D eigenvalue weighted by Crippen LogP contribution is -2.04. The molecule has 0 aliphatic carbocycles. The summed E-state index contributed by atoms with van der Waals surface area (Å²) in [7, 11) is 0. The second-order valence-corrected chi connectivity index (χ2v) is 5.21. The number of benzene rings is 2. The summed E-state index contributed by atoms with van der Waals surface area (Å²) in [4.78, 5) is 1.52. The number of hydrogen-bond acceptors (Lipinski definition) is 5. The van der Waals surface area contributed by atoms with Crippen LogP contribution in [0.5, 0.6) is 11.5 Å². The molecule has 22 heavy (non-hydrogen) atoms. The number of fused-ring (bicyclic) bond motifs is 1. The zero-order valence-corrected chi connectivity index (χ0v) is 12.2. The van der Waals surface area contributed by atoms with Crippen molar-refractivity contribution >= 4 is 11.6 Å². The van der Waals surface area contributed by atoms with E-state index in [0.29, 0.717) is 23.1 Å². The summed E-state index contributed by atoms with van der Waals surface area (Å²) in [5.74, 6) is 1.96. The summed E-state index contributed by atoms with van der Waals surface area (Å²) >= 11 is 6.14. The monoisotopic (exact) mass is 314 g/mol. The van der Waals surface area contributed by atoms with Crippen LogP contribution >= 0.6 is 11.6 Å². The molecule has 3 aromatic rings. The van der Waals surface area contributed by atoms with E-state index in [1.807, 2.05) is 42.5 Å². The Morgan fingerprint density at radius 2 is 1.95 bits per heavy atom. The van der Waals surface area contributed by atoms with E-state index < -0.39 is 0 Å². The average molecular weight is 315 g/mol. The number of rotatable bonds is 3. The molecule has 0 N–H and O–H groups in total. The van der Waals surface area contributed by atoms with Gasteiger partial charge in [-0.3, -0.25) is 0 Å². The largest absolute Gasteiger partial charge is 0.454 e. The Morgan fingerprint density at radius 1 is 1.09 bits per heavy atom. The summed E-state index contributed by atoms with van der Waals surface area (Å²) in [6.45, 7) is 0.711. The van der Waals surface area contributed by atoms with Crippen molar-refractivity contribution in [1.82, 2.24) is 20.2 Å². The normalized spacial score (nSPS) is 12.6. The smallest absolute Gasteiger partial charge is 0.231 e. The minimum absolute atomic E-state index is 0.241. The molecule has 0 unspecified atom stereocenters. The Balaban J connectivity index is 1.60. The molecular weight excluding hydrogens is 304 g/mol. The molecule has 6 nitrogen and oxygen atoms in total. The van der Waals surface area contributed by atoms with Crippen LogP contribution in [0, 0.1) is 0 Å². The quantitative estimate of drug-likeness (QED) is 0.744. The minimum Gasteiger partial charge on any atom is -0.454 e. The van der Waals surface area contributed by atoms with Crippen LogP contribution in [0.1, 0.15) is 5.56 Å². The summed E-state index contributed by atoms with van der Waals surface area (Å²) in [5.41, 5.74) is 1.77. The van der Waals surface area contributed by atoms with Gasteiger partial charge in [0.05, 0.1) is 6.54 Å². The van der Waals surface area contributed by atoms with E-state index in [9.17, 15) is 0 Å². The van der Waals surface area contributed by atoms with E-state index in [1.165, 1.54) is 4.80 Å². The van der Waals surface area contributed by atoms with Crippen LogP contribution in [-0.4, -0.2) is 27.0 Å². The van der Waals surface area contributed by atoms with Gasteiger partial charge in [0, 0.05) is 10.6 Å². The van der Waals surface area contributed by atoms with Crippen LogP contribution < -0.4 is 9.47 Å². The Kier molecular flexibility index (Phi) is 3.16. The Morgan fingerprint density at radius 3 is 2.86 bits per heavy atom. The molecule has 0 saturated heterocycles. The van der Waals surface area contributed by atoms with Gasteiger partial charge < -0.3 is 9.47 Å². The lowest BCUT2D eigenvalue weighted by Gasteiger charge is -2.01. The van der Waals surface area contributed by atoms with Crippen molar-refractivity contribution in [1.29, 1.82) is 0 Å². The first-order valence-electron chi connectivity index (χ1n) is 6.71. The molecule has 0 radical (unpaired) electrons. The predicted octanol–water partition coefficient (Wildman–Crippen LogP) is 2.77. The standard InChI is InChI=1S/C15H11ClN4O2/c16-12-4-2-1-3-11(12)8-20-18-15(17-19-20)10-5-6-13-14(7-10)22-9-21-13/h1-7H,8-9H2. The summed E-state index contributed by atoms with van der Waals surface area (Å²) in [6.07, 6.45) is 0. The number of tetrazole rings is 1. The lowest BCUT2D eigenvalue weighted by molar-refractivity contribution is 0.174. The van der Waals surface area contributed by atoms with Crippen molar-refractivity contribution in [3.05, 3.63) is 53.1 Å². The molecule has 1 aliphatic rings. The number of aromatic nitrogens is 4. The van der Waals surface area contributed by atoms with Gasteiger partial charge in [-0.1, -0.05) is 29.8 Å².